The fourth-order valence-electron chi connectivity index (χ4n) is 4.57. The van der Waals surface area contributed by atoms with E-state index in [1.165, 1.54) is 0 Å². The summed E-state index contributed by atoms with van der Waals surface area (Å²) in [4.78, 5) is 46.1. The molecule has 0 aromatic heterocycles. The number of rotatable bonds is 10. The Bertz CT molecular complexity index is 1260. The number of hydrogen-bond donors (Lipinski definition) is 3. The van der Waals surface area contributed by atoms with Crippen molar-refractivity contribution in [3.63, 3.8) is 0 Å². The number of carbonyl (C=O) groups is 3. The van der Waals surface area contributed by atoms with E-state index in [2.05, 4.69) is 22.4 Å². The average Bonchev–Trinajstić information content (AvgIpc) is 2.98. The van der Waals surface area contributed by atoms with E-state index in [9.17, 15) is 29.7 Å². The quantitative estimate of drug-likeness (QED) is 0.167. The summed E-state index contributed by atoms with van der Waals surface area (Å²) in [5.74, 6) is -3.20. The summed E-state index contributed by atoms with van der Waals surface area (Å²) in [7, 11) is 0. The molecule has 13 heteroatoms. The van der Waals surface area contributed by atoms with Gasteiger partial charge in [-0.05, 0) is 59.4 Å². The molecule has 0 spiro atoms. The first-order valence-corrected chi connectivity index (χ1v) is 13.2. The molecule has 2 unspecified atom stereocenters. The highest BCUT2D eigenvalue weighted by Crippen LogP contribution is 2.27. The predicted molar refractivity (Wildman–Crippen MR) is 147 cm³/mol. The van der Waals surface area contributed by atoms with Gasteiger partial charge in [0.2, 0.25) is 0 Å². The van der Waals surface area contributed by atoms with Crippen LogP contribution in [0, 0.1) is 10.7 Å². The largest absolute Gasteiger partial charge is 0.480 e. The van der Waals surface area contributed by atoms with Gasteiger partial charge >= 0.3 is 17.9 Å². The Morgan fingerprint density at radius 3 is 1.72 bits per heavy atom. The van der Waals surface area contributed by atoms with Gasteiger partial charge in [0.1, 0.15) is 17.5 Å². The molecule has 2 aromatic carbocycles. The standard InChI is InChI=1S/C26H27N5O6S2/c27-16-39-21-7-3-19(4-8-21)24(26(36)37)31-12-10-29(15-22(32)33)9-11-30(13-14-31)23(25(34)35)18-1-5-20(6-2-18)28-17-38/h1-8,23-24H,9-15H2,(H,32,33)(H,34,35)(H,36,37). The van der Waals surface area contributed by atoms with Crippen LogP contribution >= 0.6 is 24.0 Å². The summed E-state index contributed by atoms with van der Waals surface area (Å²) in [6.07, 6.45) is 0. The summed E-state index contributed by atoms with van der Waals surface area (Å²) in [5, 5.41) is 42.9. The second-order valence-corrected chi connectivity index (χ2v) is 9.82. The molecule has 0 amide bonds. The summed E-state index contributed by atoms with van der Waals surface area (Å²) < 4.78 is 0. The number of carboxylic acids is 3. The minimum Gasteiger partial charge on any atom is -0.480 e. The highest BCUT2D eigenvalue weighted by Gasteiger charge is 2.33. The molecular formula is C26H27N5O6S2. The van der Waals surface area contributed by atoms with Crippen LogP contribution in [0.15, 0.2) is 58.4 Å². The minimum atomic E-state index is -1.09. The molecule has 3 N–H and O–H groups in total. The van der Waals surface area contributed by atoms with E-state index in [0.29, 0.717) is 21.7 Å². The number of benzene rings is 2. The van der Waals surface area contributed by atoms with E-state index in [-0.39, 0.29) is 45.8 Å². The van der Waals surface area contributed by atoms with E-state index in [0.717, 1.165) is 11.8 Å². The van der Waals surface area contributed by atoms with Crippen LogP contribution in [0.25, 0.3) is 0 Å². The van der Waals surface area contributed by atoms with Gasteiger partial charge in [0.25, 0.3) is 0 Å². The predicted octanol–water partition coefficient (Wildman–Crippen LogP) is 2.95. The number of nitrogens with zero attached hydrogens (tertiary/aromatic N) is 5. The number of nitriles is 1. The van der Waals surface area contributed by atoms with Crippen LogP contribution in [0.4, 0.5) is 5.69 Å². The van der Waals surface area contributed by atoms with Crippen molar-refractivity contribution in [2.24, 2.45) is 4.99 Å². The van der Waals surface area contributed by atoms with Crippen LogP contribution in [-0.2, 0) is 14.4 Å². The molecule has 1 aliphatic rings. The molecule has 0 saturated carbocycles. The fraction of sp³-hybridized carbons (Fsp3) is 0.346. The molecule has 0 radical (unpaired) electrons. The first-order valence-electron chi connectivity index (χ1n) is 11.9. The van der Waals surface area contributed by atoms with Gasteiger partial charge in [0.15, 0.2) is 0 Å². The van der Waals surface area contributed by atoms with Crippen molar-refractivity contribution in [3.8, 4) is 5.40 Å². The van der Waals surface area contributed by atoms with Crippen molar-refractivity contribution in [1.82, 2.24) is 14.7 Å². The van der Waals surface area contributed by atoms with Crippen LogP contribution < -0.4 is 0 Å². The van der Waals surface area contributed by atoms with Gasteiger partial charge < -0.3 is 15.3 Å². The van der Waals surface area contributed by atoms with E-state index < -0.39 is 30.0 Å². The van der Waals surface area contributed by atoms with Crippen molar-refractivity contribution >= 4 is 52.7 Å². The summed E-state index contributed by atoms with van der Waals surface area (Å²) in [5.41, 5.74) is 1.54. The lowest BCUT2D eigenvalue weighted by molar-refractivity contribution is -0.146. The zero-order valence-electron chi connectivity index (χ0n) is 20.8. The van der Waals surface area contributed by atoms with E-state index in [1.54, 1.807) is 63.2 Å². The zero-order valence-corrected chi connectivity index (χ0v) is 22.5. The Balaban J connectivity index is 1.94. The average molecular weight is 570 g/mol. The molecule has 1 fully saturated rings. The normalized spacial score (nSPS) is 16.9. The molecule has 2 aromatic rings. The summed E-state index contributed by atoms with van der Waals surface area (Å²) >= 11 is 5.59. The molecule has 39 heavy (non-hydrogen) atoms. The van der Waals surface area contributed by atoms with Crippen LogP contribution in [0.1, 0.15) is 23.2 Å². The number of aliphatic imine (C=N–C) groups is 1. The maximum atomic E-state index is 12.4. The number of thiocarbonyl (C=S) groups is 1. The van der Waals surface area contributed by atoms with Gasteiger partial charge in [-0.3, -0.25) is 29.1 Å². The molecule has 1 aliphatic heterocycles. The first-order chi connectivity index (χ1) is 18.7. The molecule has 11 nitrogen and oxygen atoms in total. The van der Waals surface area contributed by atoms with Crippen molar-refractivity contribution in [1.29, 1.82) is 5.26 Å². The Morgan fingerprint density at radius 2 is 1.31 bits per heavy atom. The maximum absolute atomic E-state index is 12.4. The monoisotopic (exact) mass is 569 g/mol. The highest BCUT2D eigenvalue weighted by molar-refractivity contribution is 8.03. The SMILES string of the molecule is N#CSc1ccc(C(C(=O)O)N2CCN(CC(=O)O)CCN(C(C(=O)O)c3ccc(N=C=S)cc3)CC2)cc1. The van der Waals surface area contributed by atoms with Crippen LogP contribution in [0.5, 0.6) is 0 Å². The van der Waals surface area contributed by atoms with Crippen LogP contribution in [0.3, 0.4) is 0 Å². The third-order valence-corrected chi connectivity index (χ3v) is 7.07. The molecule has 1 saturated heterocycles. The Kier molecular flexibility index (Phi) is 11.1. The van der Waals surface area contributed by atoms with Crippen molar-refractivity contribution in [3.05, 3.63) is 59.7 Å². The molecule has 204 valence electrons. The fourth-order valence-corrected chi connectivity index (χ4v) is 5.05. The molecular weight excluding hydrogens is 542 g/mol. The number of isothiocyanates is 1. The van der Waals surface area contributed by atoms with Crippen LogP contribution in [0.2, 0.25) is 0 Å². The Morgan fingerprint density at radius 1 is 0.846 bits per heavy atom. The van der Waals surface area contributed by atoms with Gasteiger partial charge in [0.05, 0.1) is 17.4 Å². The number of carboxylic acid groups (broad SMARTS) is 3. The molecule has 2 atom stereocenters. The third-order valence-electron chi connectivity index (χ3n) is 6.38. The molecule has 1 heterocycles. The number of aliphatic carboxylic acids is 3. The molecule has 0 aliphatic carbocycles. The lowest BCUT2D eigenvalue weighted by Gasteiger charge is -2.33. The third kappa shape index (κ3) is 8.43. The van der Waals surface area contributed by atoms with Gasteiger partial charge in [0, 0.05) is 44.2 Å². The second kappa shape index (κ2) is 14.5. The topological polar surface area (TPSA) is 158 Å². The van der Waals surface area contributed by atoms with E-state index in [4.69, 9.17) is 5.26 Å². The summed E-state index contributed by atoms with van der Waals surface area (Å²) in [6.45, 7) is 1.28. The smallest absolute Gasteiger partial charge is 0.325 e. The highest BCUT2D eigenvalue weighted by atomic mass is 32.2. The lowest BCUT2D eigenvalue weighted by Crippen LogP contribution is -2.43. The van der Waals surface area contributed by atoms with Gasteiger partial charge in [-0.15, -0.1) is 0 Å². The minimum absolute atomic E-state index is 0.226. The van der Waals surface area contributed by atoms with Crippen molar-refractivity contribution in [2.75, 3.05) is 45.8 Å². The van der Waals surface area contributed by atoms with E-state index in [1.807, 2.05) is 5.40 Å². The van der Waals surface area contributed by atoms with Crippen molar-refractivity contribution in [2.45, 2.75) is 17.0 Å². The van der Waals surface area contributed by atoms with Crippen molar-refractivity contribution < 1.29 is 29.7 Å². The summed E-state index contributed by atoms with van der Waals surface area (Å²) in [6, 6.07) is 11.1. The lowest BCUT2D eigenvalue weighted by atomic mass is 10.0. The maximum Gasteiger partial charge on any atom is 0.325 e. The zero-order chi connectivity index (χ0) is 28.4. The van der Waals surface area contributed by atoms with Gasteiger partial charge in [-0.2, -0.15) is 10.3 Å². The molecule has 0 bridgehead atoms. The molecule has 3 rings (SSSR count). The van der Waals surface area contributed by atoms with Gasteiger partial charge in [-0.1, -0.05) is 24.3 Å². The number of thioether (sulfide) groups is 1. The van der Waals surface area contributed by atoms with Gasteiger partial charge in [-0.25, -0.2) is 0 Å². The first kappa shape index (κ1) is 29.9. The number of thiocyanates is 1. The Hall–Kier alpha value is -3.63. The second-order valence-electron chi connectivity index (χ2n) is 8.78. The number of hydrogen-bond acceptors (Lipinski definition) is 10. The Labute approximate surface area is 235 Å². The van der Waals surface area contributed by atoms with E-state index >= 15 is 0 Å². The van der Waals surface area contributed by atoms with Crippen LogP contribution in [-0.4, -0.2) is 98.9 Å².